The molecule has 0 saturated carbocycles. The van der Waals surface area contributed by atoms with Crippen molar-refractivity contribution in [3.63, 3.8) is 0 Å². The van der Waals surface area contributed by atoms with Crippen LogP contribution >= 0.6 is 0 Å². The van der Waals surface area contributed by atoms with E-state index in [0.29, 0.717) is 0 Å². The predicted octanol–water partition coefficient (Wildman–Crippen LogP) is 6.13. The summed E-state index contributed by atoms with van der Waals surface area (Å²) < 4.78 is 73.2. The van der Waals surface area contributed by atoms with E-state index in [-0.39, 0.29) is 49.6 Å². The number of hydrogen-bond donors (Lipinski definition) is 0. The van der Waals surface area contributed by atoms with Crippen molar-refractivity contribution in [3.05, 3.63) is 12.7 Å². The number of halogens is 6. The first-order valence-corrected chi connectivity index (χ1v) is 5.83. The van der Waals surface area contributed by atoms with Gasteiger partial charge in [-0.1, -0.05) is 36.3 Å². The fraction of sp³-hybridized carbons (Fsp3) is 0.812. The summed E-state index contributed by atoms with van der Waals surface area (Å²) in [6, 6.07) is 0. The Kier molecular flexibility index (Phi) is 53.6. The van der Waals surface area contributed by atoms with Crippen molar-refractivity contribution in [1.29, 1.82) is 0 Å². The molecular weight excluding hydrogens is 354 g/mol. The highest BCUT2D eigenvalue weighted by Crippen LogP contribution is 2.13. The fourth-order valence-electron chi connectivity index (χ4n) is 0.495. The van der Waals surface area contributed by atoms with Crippen LogP contribution in [0.25, 0.3) is 0 Å². The summed E-state index contributed by atoms with van der Waals surface area (Å²) in [6.07, 6.45) is -3.99. The number of rotatable bonds is 6. The molecule has 1 unspecified atom stereocenters. The molecule has 0 aliphatic carbocycles. The number of carbonyl (C=O) groups is 1. The van der Waals surface area contributed by atoms with Crippen molar-refractivity contribution in [1.82, 2.24) is 0 Å². The van der Waals surface area contributed by atoms with Gasteiger partial charge < -0.3 is 9.47 Å². The van der Waals surface area contributed by atoms with E-state index in [1.807, 2.05) is 0 Å². The van der Waals surface area contributed by atoms with E-state index in [9.17, 15) is 31.1 Å². The minimum atomic E-state index is -4.62. The lowest BCUT2D eigenvalue weighted by Gasteiger charge is -2.08. The SMILES string of the molecule is C.C.C.C.C=CC(=O)OCCOC(C)CF.CCF.FCC(F)(F)F. The molecule has 0 rings (SSSR count). The van der Waals surface area contributed by atoms with Gasteiger partial charge in [-0.2, -0.15) is 13.2 Å². The number of hydrogen-bond acceptors (Lipinski definition) is 3. The van der Waals surface area contributed by atoms with Gasteiger partial charge in [0, 0.05) is 6.08 Å². The van der Waals surface area contributed by atoms with Crippen molar-refractivity contribution < 1.29 is 40.6 Å². The normalized spacial score (nSPS) is 9.44. The van der Waals surface area contributed by atoms with Crippen LogP contribution in [0.4, 0.5) is 26.3 Å². The van der Waals surface area contributed by atoms with Crippen LogP contribution in [0.2, 0.25) is 0 Å². The monoisotopic (exact) mass is 390 g/mol. The Balaban J connectivity index is -0.0000000432. The second-order valence-electron chi connectivity index (χ2n) is 3.22. The van der Waals surface area contributed by atoms with E-state index >= 15 is 0 Å². The first-order chi connectivity index (χ1) is 9.68. The minimum absolute atomic E-state index is 0. The van der Waals surface area contributed by atoms with Crippen LogP contribution in [0.1, 0.15) is 43.6 Å². The molecule has 0 bridgehead atoms. The zero-order valence-electron chi connectivity index (χ0n) is 11.9. The summed E-state index contributed by atoms with van der Waals surface area (Å²) >= 11 is 0. The second kappa shape index (κ2) is 30.6. The molecule has 0 aromatic rings. The molecule has 0 aliphatic heterocycles. The average Bonchev–Trinajstić information content (AvgIpc) is 2.43. The molecule has 0 aromatic carbocycles. The molecule has 3 nitrogen and oxygen atoms in total. The highest BCUT2D eigenvalue weighted by atomic mass is 19.4. The lowest BCUT2D eigenvalue weighted by atomic mass is 10.4. The molecule has 0 aliphatic rings. The molecule has 1 atom stereocenters. The minimum Gasteiger partial charge on any atom is -0.460 e. The largest absolute Gasteiger partial charge is 0.460 e. The highest BCUT2D eigenvalue weighted by molar-refractivity contribution is 5.81. The zero-order valence-corrected chi connectivity index (χ0v) is 11.9. The summed E-state index contributed by atoms with van der Waals surface area (Å²) in [6.45, 7) is 3.62. The van der Waals surface area contributed by atoms with Crippen LogP contribution < -0.4 is 0 Å². The van der Waals surface area contributed by atoms with E-state index < -0.39 is 31.6 Å². The van der Waals surface area contributed by atoms with Gasteiger partial charge in [0.15, 0.2) is 6.67 Å². The standard InChI is InChI=1S/C8H13FO3.C2H2F4.C2H5F.4CH4/c1-3-8(10)12-5-4-11-7(2)6-9;3-1-2(4,5)6;1-2-3;;;;/h3,7H,1,4-6H2,2H3;1H2;2H2,1H3;4*1H4. The van der Waals surface area contributed by atoms with Crippen LogP contribution in [-0.4, -0.2) is 51.5 Å². The van der Waals surface area contributed by atoms with Gasteiger partial charge in [-0.05, 0) is 13.8 Å². The van der Waals surface area contributed by atoms with Crippen LogP contribution in [0.5, 0.6) is 0 Å². The third-order valence-corrected chi connectivity index (χ3v) is 1.27. The van der Waals surface area contributed by atoms with Gasteiger partial charge >= 0.3 is 12.1 Å². The number of alkyl halides is 6. The predicted molar refractivity (Wildman–Crippen MR) is 93.1 cm³/mol. The summed E-state index contributed by atoms with van der Waals surface area (Å²) in [5, 5.41) is 0. The van der Waals surface area contributed by atoms with Gasteiger partial charge in [-0.15, -0.1) is 0 Å². The van der Waals surface area contributed by atoms with Gasteiger partial charge in [0.1, 0.15) is 13.3 Å². The van der Waals surface area contributed by atoms with Crippen molar-refractivity contribution in [2.45, 2.75) is 55.8 Å². The summed E-state index contributed by atoms with van der Waals surface area (Å²) in [5.74, 6) is -0.494. The van der Waals surface area contributed by atoms with Crippen LogP contribution in [0.15, 0.2) is 12.7 Å². The van der Waals surface area contributed by atoms with Crippen molar-refractivity contribution in [2.75, 3.05) is 33.2 Å². The smallest absolute Gasteiger partial charge is 0.416 e. The van der Waals surface area contributed by atoms with E-state index in [0.717, 1.165) is 6.08 Å². The van der Waals surface area contributed by atoms with Gasteiger partial charge in [-0.25, -0.2) is 13.6 Å². The molecule has 0 heterocycles. The first kappa shape index (κ1) is 43.8. The quantitative estimate of drug-likeness (QED) is 0.237. The molecule has 25 heavy (non-hydrogen) atoms. The lowest BCUT2D eigenvalue weighted by Crippen LogP contribution is -2.15. The Morgan fingerprint density at radius 3 is 1.68 bits per heavy atom. The van der Waals surface area contributed by atoms with Crippen molar-refractivity contribution in [2.24, 2.45) is 0 Å². The highest BCUT2D eigenvalue weighted by Gasteiger charge is 2.26. The summed E-state index contributed by atoms with van der Waals surface area (Å²) in [7, 11) is 0. The van der Waals surface area contributed by atoms with Gasteiger partial charge in [0.05, 0.1) is 19.4 Å². The molecule has 0 N–H and O–H groups in total. The molecule has 0 spiro atoms. The molecular formula is C16H36F6O3. The van der Waals surface area contributed by atoms with Crippen molar-refractivity contribution in [3.8, 4) is 0 Å². The molecule has 9 heteroatoms. The number of esters is 1. The Morgan fingerprint density at radius 1 is 1.08 bits per heavy atom. The number of ether oxygens (including phenoxy) is 2. The van der Waals surface area contributed by atoms with E-state index in [1.54, 1.807) is 6.92 Å². The maximum absolute atomic E-state index is 11.8. The second-order valence-corrected chi connectivity index (χ2v) is 3.22. The maximum Gasteiger partial charge on any atom is 0.416 e. The van der Waals surface area contributed by atoms with Gasteiger partial charge in [0.2, 0.25) is 0 Å². The van der Waals surface area contributed by atoms with E-state index in [4.69, 9.17) is 4.74 Å². The molecule has 0 saturated heterocycles. The Hall–Kier alpha value is -1.25. The maximum atomic E-state index is 11.8. The average molecular weight is 390 g/mol. The van der Waals surface area contributed by atoms with Gasteiger partial charge in [-0.3, -0.25) is 4.39 Å². The molecule has 0 radical (unpaired) electrons. The van der Waals surface area contributed by atoms with Crippen LogP contribution in [-0.2, 0) is 14.3 Å². The zero-order chi connectivity index (χ0) is 17.3. The topological polar surface area (TPSA) is 35.5 Å². The Morgan fingerprint density at radius 2 is 1.44 bits per heavy atom. The van der Waals surface area contributed by atoms with E-state index in [1.165, 1.54) is 6.92 Å². The molecule has 0 fully saturated rings. The van der Waals surface area contributed by atoms with Crippen molar-refractivity contribution >= 4 is 5.97 Å². The Labute approximate surface area is 149 Å². The molecule has 0 amide bonds. The van der Waals surface area contributed by atoms with Gasteiger partial charge in [0.25, 0.3) is 0 Å². The third-order valence-electron chi connectivity index (χ3n) is 1.27. The molecule has 0 aromatic heterocycles. The third kappa shape index (κ3) is 60.3. The fourth-order valence-corrected chi connectivity index (χ4v) is 0.495. The van der Waals surface area contributed by atoms with Crippen LogP contribution in [0, 0.1) is 0 Å². The lowest BCUT2D eigenvalue weighted by molar-refractivity contribution is -0.142. The summed E-state index contributed by atoms with van der Waals surface area (Å²) in [5.41, 5.74) is 0. The molecule has 160 valence electrons. The first-order valence-electron chi connectivity index (χ1n) is 5.83. The van der Waals surface area contributed by atoms with E-state index in [2.05, 4.69) is 11.3 Å². The Bertz CT molecular complexity index is 249. The summed E-state index contributed by atoms with van der Waals surface area (Å²) in [4.78, 5) is 10.5. The van der Waals surface area contributed by atoms with Crippen LogP contribution in [0.3, 0.4) is 0 Å². The number of carbonyl (C=O) groups excluding carboxylic acids is 1.